The van der Waals surface area contributed by atoms with Crippen LogP contribution in [-0.2, 0) is 4.79 Å². The van der Waals surface area contributed by atoms with Gasteiger partial charge in [0.1, 0.15) is 0 Å². The zero-order valence-electron chi connectivity index (χ0n) is 11.7. The van der Waals surface area contributed by atoms with Crippen LogP contribution in [0.4, 0.5) is 0 Å². The van der Waals surface area contributed by atoms with Crippen molar-refractivity contribution in [2.45, 2.75) is 51.7 Å². The molecule has 0 aliphatic rings. The van der Waals surface area contributed by atoms with Crippen LogP contribution >= 0.6 is 11.8 Å². The van der Waals surface area contributed by atoms with E-state index in [1.807, 2.05) is 6.20 Å². The van der Waals surface area contributed by atoms with E-state index in [9.17, 15) is 4.79 Å². The summed E-state index contributed by atoms with van der Waals surface area (Å²) >= 11 is 1.29. The number of hydrogen-bond acceptors (Lipinski definition) is 3. The maximum absolute atomic E-state index is 10.7. The second kappa shape index (κ2) is 6.27. The summed E-state index contributed by atoms with van der Waals surface area (Å²) in [5.41, 5.74) is 1.17. The molecule has 0 bridgehead atoms. The molecular formula is C13H22N2O2S. The maximum Gasteiger partial charge on any atom is 0.313 e. The average molecular weight is 270 g/mol. The van der Waals surface area contributed by atoms with E-state index in [4.69, 9.17) is 5.11 Å². The van der Waals surface area contributed by atoms with Gasteiger partial charge in [-0.1, -0.05) is 39.5 Å². The molecule has 1 heterocycles. The van der Waals surface area contributed by atoms with Crippen LogP contribution in [-0.4, -0.2) is 26.4 Å². The highest BCUT2D eigenvalue weighted by atomic mass is 32.2. The molecule has 0 saturated carbocycles. The quantitative estimate of drug-likeness (QED) is 0.805. The smallest absolute Gasteiger partial charge is 0.313 e. The van der Waals surface area contributed by atoms with Crippen LogP contribution in [0.15, 0.2) is 11.4 Å². The fourth-order valence-electron chi connectivity index (χ4n) is 1.72. The standard InChI is InChI=1S/C13H22N2O2S/c1-8(2)10(5)15-11(9(3)4)6-14-13(15)18-7-12(16)17/h6,8-10H,7H2,1-5H3,(H,16,17). The summed E-state index contributed by atoms with van der Waals surface area (Å²) in [5.74, 6) is 0.121. The zero-order chi connectivity index (χ0) is 13.9. The number of hydrogen-bond donors (Lipinski definition) is 1. The molecular weight excluding hydrogens is 248 g/mol. The van der Waals surface area contributed by atoms with Gasteiger partial charge >= 0.3 is 5.97 Å². The largest absolute Gasteiger partial charge is 0.481 e. The minimum atomic E-state index is -0.808. The predicted molar refractivity (Wildman–Crippen MR) is 74.2 cm³/mol. The number of rotatable bonds is 6. The van der Waals surface area contributed by atoms with Gasteiger partial charge in [-0.05, 0) is 18.8 Å². The van der Waals surface area contributed by atoms with Crippen molar-refractivity contribution in [3.05, 3.63) is 11.9 Å². The molecule has 0 fully saturated rings. The van der Waals surface area contributed by atoms with E-state index in [2.05, 4.69) is 44.2 Å². The number of aromatic nitrogens is 2. The number of nitrogens with zero attached hydrogens (tertiary/aromatic N) is 2. The third-order valence-corrected chi connectivity index (χ3v) is 4.03. The molecule has 1 aromatic heterocycles. The van der Waals surface area contributed by atoms with Crippen molar-refractivity contribution in [3.8, 4) is 0 Å². The molecule has 0 amide bonds. The van der Waals surface area contributed by atoms with Gasteiger partial charge in [-0.25, -0.2) is 4.98 Å². The monoisotopic (exact) mass is 270 g/mol. The number of imidazole rings is 1. The molecule has 1 N–H and O–H groups in total. The van der Waals surface area contributed by atoms with Gasteiger partial charge in [0.05, 0.1) is 5.75 Å². The Bertz CT molecular complexity index is 413. The van der Waals surface area contributed by atoms with Crippen molar-refractivity contribution < 1.29 is 9.90 Å². The Kier molecular flexibility index (Phi) is 5.26. The van der Waals surface area contributed by atoms with Gasteiger partial charge in [-0.15, -0.1) is 0 Å². The van der Waals surface area contributed by atoms with Crippen LogP contribution in [0.5, 0.6) is 0 Å². The minimum Gasteiger partial charge on any atom is -0.481 e. The molecule has 0 aliphatic heterocycles. The zero-order valence-corrected chi connectivity index (χ0v) is 12.5. The first kappa shape index (κ1) is 15.1. The van der Waals surface area contributed by atoms with E-state index in [-0.39, 0.29) is 5.75 Å². The Balaban J connectivity index is 3.06. The summed E-state index contributed by atoms with van der Waals surface area (Å²) < 4.78 is 2.18. The molecule has 4 nitrogen and oxygen atoms in total. The van der Waals surface area contributed by atoms with E-state index in [1.54, 1.807) is 0 Å². The fraction of sp³-hybridized carbons (Fsp3) is 0.692. The Morgan fingerprint density at radius 2 is 2.00 bits per heavy atom. The maximum atomic E-state index is 10.7. The molecule has 0 aliphatic carbocycles. The highest BCUT2D eigenvalue weighted by Crippen LogP contribution is 2.30. The van der Waals surface area contributed by atoms with Gasteiger partial charge in [0.15, 0.2) is 5.16 Å². The summed E-state index contributed by atoms with van der Waals surface area (Å²) in [4.78, 5) is 15.0. The predicted octanol–water partition coefficient (Wildman–Crippen LogP) is 3.40. The SMILES string of the molecule is CC(C)c1cnc(SCC(=O)O)n1C(C)C(C)C. The molecule has 0 aromatic carbocycles. The summed E-state index contributed by atoms with van der Waals surface area (Å²) in [6, 6.07) is 0.321. The lowest BCUT2D eigenvalue weighted by atomic mass is 10.0. The second-order valence-corrected chi connectivity index (χ2v) is 6.10. The van der Waals surface area contributed by atoms with Gasteiger partial charge < -0.3 is 9.67 Å². The molecule has 1 rings (SSSR count). The van der Waals surface area contributed by atoms with Crippen molar-refractivity contribution in [1.82, 2.24) is 9.55 Å². The van der Waals surface area contributed by atoms with Gasteiger partial charge in [0.25, 0.3) is 0 Å². The third-order valence-electron chi connectivity index (χ3n) is 3.08. The van der Waals surface area contributed by atoms with Crippen LogP contribution in [0.3, 0.4) is 0 Å². The number of carboxylic acids is 1. The Labute approximate surface area is 113 Å². The van der Waals surface area contributed by atoms with Gasteiger partial charge in [0.2, 0.25) is 0 Å². The lowest BCUT2D eigenvalue weighted by molar-refractivity contribution is -0.133. The van der Waals surface area contributed by atoms with E-state index in [0.717, 1.165) is 5.16 Å². The van der Waals surface area contributed by atoms with Crippen molar-refractivity contribution in [2.24, 2.45) is 5.92 Å². The summed E-state index contributed by atoms with van der Waals surface area (Å²) in [6.07, 6.45) is 1.87. The highest BCUT2D eigenvalue weighted by Gasteiger charge is 2.20. The van der Waals surface area contributed by atoms with E-state index in [1.165, 1.54) is 17.5 Å². The van der Waals surface area contributed by atoms with E-state index >= 15 is 0 Å². The summed E-state index contributed by atoms with van der Waals surface area (Å²) in [6.45, 7) is 10.8. The van der Waals surface area contributed by atoms with E-state index in [0.29, 0.717) is 17.9 Å². The van der Waals surface area contributed by atoms with Crippen LogP contribution < -0.4 is 0 Å². The molecule has 5 heteroatoms. The Hall–Kier alpha value is -0.970. The molecule has 0 spiro atoms. The number of carbonyl (C=O) groups is 1. The first-order valence-electron chi connectivity index (χ1n) is 6.26. The van der Waals surface area contributed by atoms with Crippen LogP contribution in [0, 0.1) is 5.92 Å². The average Bonchev–Trinajstić information content (AvgIpc) is 2.68. The number of aliphatic carboxylic acids is 1. The lowest BCUT2D eigenvalue weighted by Crippen LogP contribution is -2.16. The minimum absolute atomic E-state index is 0.0549. The lowest BCUT2D eigenvalue weighted by Gasteiger charge is -2.23. The normalized spacial score (nSPS) is 13.3. The van der Waals surface area contributed by atoms with Crippen LogP contribution in [0.1, 0.15) is 52.3 Å². The fourth-order valence-corrected chi connectivity index (χ4v) is 2.51. The summed E-state index contributed by atoms with van der Waals surface area (Å²) in [5, 5.41) is 9.58. The van der Waals surface area contributed by atoms with Crippen LogP contribution in [0.2, 0.25) is 0 Å². The molecule has 18 heavy (non-hydrogen) atoms. The van der Waals surface area contributed by atoms with Gasteiger partial charge in [-0.3, -0.25) is 4.79 Å². The Morgan fingerprint density at radius 1 is 1.39 bits per heavy atom. The highest BCUT2D eigenvalue weighted by molar-refractivity contribution is 7.99. The van der Waals surface area contributed by atoms with Gasteiger partial charge in [0, 0.05) is 17.9 Å². The first-order chi connectivity index (χ1) is 8.34. The second-order valence-electron chi connectivity index (χ2n) is 5.16. The molecule has 1 unspecified atom stereocenters. The summed E-state index contributed by atoms with van der Waals surface area (Å²) in [7, 11) is 0. The molecule has 0 radical (unpaired) electrons. The molecule has 1 atom stereocenters. The van der Waals surface area contributed by atoms with Crippen molar-refractivity contribution in [3.63, 3.8) is 0 Å². The topological polar surface area (TPSA) is 55.1 Å². The number of thioether (sulfide) groups is 1. The molecule has 102 valence electrons. The molecule has 1 aromatic rings. The molecule has 0 saturated heterocycles. The van der Waals surface area contributed by atoms with Crippen LogP contribution in [0.25, 0.3) is 0 Å². The van der Waals surface area contributed by atoms with E-state index < -0.39 is 5.97 Å². The van der Waals surface area contributed by atoms with Crippen molar-refractivity contribution in [2.75, 3.05) is 5.75 Å². The van der Waals surface area contributed by atoms with Crippen molar-refractivity contribution in [1.29, 1.82) is 0 Å². The first-order valence-corrected chi connectivity index (χ1v) is 7.24. The third kappa shape index (κ3) is 3.51. The van der Waals surface area contributed by atoms with Crippen molar-refractivity contribution >= 4 is 17.7 Å². The number of carboxylic acid groups (broad SMARTS) is 1. The Morgan fingerprint density at radius 3 is 2.44 bits per heavy atom. The van der Waals surface area contributed by atoms with Gasteiger partial charge in [-0.2, -0.15) is 0 Å².